The average molecular weight is 411 g/mol. The van der Waals surface area contributed by atoms with Crippen molar-refractivity contribution in [3.63, 3.8) is 0 Å². The number of carbonyl (C=O) groups is 1. The van der Waals surface area contributed by atoms with Crippen LogP contribution in [-0.2, 0) is 11.8 Å². The molecule has 1 amide bonds. The number of hydrogen-bond acceptors (Lipinski definition) is 5. The largest absolute Gasteiger partial charge is 0.497 e. The lowest BCUT2D eigenvalue weighted by Gasteiger charge is -2.15. The molecule has 152 valence electrons. The van der Waals surface area contributed by atoms with E-state index >= 15 is 0 Å². The Kier molecular flexibility index (Phi) is 6.93. The summed E-state index contributed by atoms with van der Waals surface area (Å²) in [5.74, 6) is 2.14. The van der Waals surface area contributed by atoms with E-state index in [2.05, 4.69) is 35.4 Å². The smallest absolute Gasteiger partial charge is 0.234 e. The van der Waals surface area contributed by atoms with Crippen LogP contribution in [0, 0.1) is 0 Å². The van der Waals surface area contributed by atoms with Crippen molar-refractivity contribution in [1.29, 1.82) is 0 Å². The van der Waals surface area contributed by atoms with Crippen LogP contribution in [0.15, 0.2) is 53.7 Å². The van der Waals surface area contributed by atoms with Gasteiger partial charge >= 0.3 is 0 Å². The van der Waals surface area contributed by atoms with Gasteiger partial charge in [0, 0.05) is 18.3 Å². The molecule has 3 aromatic rings. The van der Waals surface area contributed by atoms with Gasteiger partial charge in [-0.2, -0.15) is 0 Å². The number of nitrogens with zero attached hydrogens (tertiary/aromatic N) is 3. The van der Waals surface area contributed by atoms with Gasteiger partial charge in [-0.25, -0.2) is 0 Å². The van der Waals surface area contributed by atoms with Gasteiger partial charge in [-0.1, -0.05) is 43.8 Å². The molecule has 0 aliphatic carbocycles. The van der Waals surface area contributed by atoms with Crippen LogP contribution >= 0.6 is 11.8 Å². The maximum atomic E-state index is 12.5. The fourth-order valence-corrected chi connectivity index (χ4v) is 3.72. The molecule has 0 spiro atoms. The number of nitrogens with one attached hydrogen (secondary N) is 1. The van der Waals surface area contributed by atoms with E-state index in [0.717, 1.165) is 34.8 Å². The Hall–Kier alpha value is -2.80. The van der Waals surface area contributed by atoms with Gasteiger partial charge in [0.1, 0.15) is 5.75 Å². The van der Waals surface area contributed by atoms with Crippen molar-refractivity contribution in [2.24, 2.45) is 7.05 Å². The molecular weight excluding hydrogens is 384 g/mol. The summed E-state index contributed by atoms with van der Waals surface area (Å²) < 4.78 is 7.09. The number of carbonyl (C=O) groups excluding carboxylic acids is 1. The number of methoxy groups -OCH3 is 1. The van der Waals surface area contributed by atoms with E-state index in [1.165, 1.54) is 11.8 Å². The molecule has 6 nitrogen and oxygen atoms in total. The van der Waals surface area contributed by atoms with Crippen LogP contribution in [0.1, 0.15) is 31.7 Å². The highest BCUT2D eigenvalue weighted by Crippen LogP contribution is 2.27. The first-order valence-electron chi connectivity index (χ1n) is 9.58. The summed E-state index contributed by atoms with van der Waals surface area (Å²) in [4.78, 5) is 12.5. The number of benzene rings is 2. The van der Waals surface area contributed by atoms with Gasteiger partial charge in [-0.15, -0.1) is 10.2 Å². The molecule has 7 heteroatoms. The highest BCUT2D eigenvalue weighted by molar-refractivity contribution is 7.99. The Bertz CT molecular complexity index is 969. The first kappa shape index (κ1) is 20.9. The second-order valence-electron chi connectivity index (χ2n) is 6.83. The van der Waals surface area contributed by atoms with Crippen LogP contribution in [0.5, 0.6) is 5.75 Å². The van der Waals surface area contributed by atoms with Crippen LogP contribution in [0.25, 0.3) is 11.4 Å². The monoisotopic (exact) mass is 410 g/mol. The summed E-state index contributed by atoms with van der Waals surface area (Å²) >= 11 is 1.37. The molecule has 1 atom stereocenters. The maximum absolute atomic E-state index is 12.5. The molecule has 0 unspecified atom stereocenters. The highest BCUT2D eigenvalue weighted by atomic mass is 32.2. The number of ether oxygens (including phenoxy) is 1. The molecule has 1 aromatic heterocycles. The standard InChI is InChI=1S/C22H26N4O2S/c1-5-15(2)18-8-6-7-9-19(18)23-20(27)14-29-22-25-24-21(26(22)3)16-10-12-17(28-4)13-11-16/h6-13,15H,5,14H2,1-4H3,(H,23,27)/t15-/m1/s1. The zero-order chi connectivity index (χ0) is 20.8. The molecule has 0 aliphatic rings. The lowest BCUT2D eigenvalue weighted by molar-refractivity contribution is -0.113. The second-order valence-corrected chi connectivity index (χ2v) is 7.77. The van der Waals surface area contributed by atoms with Crippen LogP contribution < -0.4 is 10.1 Å². The van der Waals surface area contributed by atoms with Gasteiger partial charge in [0.15, 0.2) is 11.0 Å². The van der Waals surface area contributed by atoms with Gasteiger partial charge in [-0.05, 0) is 48.2 Å². The number of aromatic nitrogens is 3. The van der Waals surface area contributed by atoms with Gasteiger partial charge < -0.3 is 14.6 Å². The van der Waals surface area contributed by atoms with E-state index < -0.39 is 0 Å². The summed E-state index contributed by atoms with van der Waals surface area (Å²) in [5.41, 5.74) is 2.98. The third kappa shape index (κ3) is 4.98. The first-order valence-corrected chi connectivity index (χ1v) is 10.6. The van der Waals surface area contributed by atoms with Gasteiger partial charge in [-0.3, -0.25) is 4.79 Å². The summed E-state index contributed by atoms with van der Waals surface area (Å²) in [6.45, 7) is 4.31. The predicted molar refractivity (Wildman–Crippen MR) is 117 cm³/mol. The van der Waals surface area contributed by atoms with Crippen molar-refractivity contribution in [2.75, 3.05) is 18.2 Å². The quantitative estimate of drug-likeness (QED) is 0.544. The van der Waals surface area contributed by atoms with Crippen LogP contribution in [0.3, 0.4) is 0 Å². The average Bonchev–Trinajstić information content (AvgIpc) is 3.12. The van der Waals surface area contributed by atoms with Gasteiger partial charge in [0.25, 0.3) is 0 Å². The lowest BCUT2D eigenvalue weighted by atomic mass is 9.97. The lowest BCUT2D eigenvalue weighted by Crippen LogP contribution is -2.16. The second kappa shape index (κ2) is 9.60. The first-order chi connectivity index (χ1) is 14.0. The van der Waals surface area contributed by atoms with Crippen LogP contribution in [-0.4, -0.2) is 33.5 Å². The molecule has 0 fully saturated rings. The maximum Gasteiger partial charge on any atom is 0.234 e. The topological polar surface area (TPSA) is 69.0 Å². The van der Waals surface area contributed by atoms with E-state index in [9.17, 15) is 4.79 Å². The SMILES string of the molecule is CC[C@@H](C)c1ccccc1NC(=O)CSc1nnc(-c2ccc(OC)cc2)n1C. The van der Waals surface area contributed by atoms with Crippen molar-refractivity contribution in [1.82, 2.24) is 14.8 Å². The fraction of sp³-hybridized carbons (Fsp3) is 0.318. The summed E-state index contributed by atoms with van der Waals surface area (Å²) in [7, 11) is 3.54. The predicted octanol–water partition coefficient (Wildman–Crippen LogP) is 4.74. The molecule has 0 aliphatic heterocycles. The highest BCUT2D eigenvalue weighted by Gasteiger charge is 2.15. The van der Waals surface area contributed by atoms with E-state index in [-0.39, 0.29) is 11.7 Å². The third-order valence-electron chi connectivity index (χ3n) is 4.89. The zero-order valence-corrected chi connectivity index (χ0v) is 18.0. The van der Waals surface area contributed by atoms with Crippen molar-refractivity contribution in [3.05, 3.63) is 54.1 Å². The Morgan fingerprint density at radius 1 is 1.17 bits per heavy atom. The molecule has 2 aromatic carbocycles. The number of anilines is 1. The fourth-order valence-electron chi connectivity index (χ4n) is 3.01. The Labute approximate surface area is 175 Å². The molecule has 1 heterocycles. The van der Waals surface area contributed by atoms with Gasteiger partial charge in [0.2, 0.25) is 5.91 Å². The summed E-state index contributed by atoms with van der Waals surface area (Å²) in [6.07, 6.45) is 1.02. The zero-order valence-electron chi connectivity index (χ0n) is 17.2. The Balaban J connectivity index is 1.65. The molecule has 29 heavy (non-hydrogen) atoms. The van der Waals surface area contributed by atoms with Crippen molar-refractivity contribution >= 4 is 23.4 Å². The Morgan fingerprint density at radius 2 is 1.90 bits per heavy atom. The third-order valence-corrected chi connectivity index (χ3v) is 5.91. The number of hydrogen-bond donors (Lipinski definition) is 1. The number of rotatable bonds is 8. The normalized spacial score (nSPS) is 11.9. The van der Waals surface area contributed by atoms with Crippen LogP contribution in [0.4, 0.5) is 5.69 Å². The van der Waals surface area contributed by atoms with E-state index in [0.29, 0.717) is 11.1 Å². The minimum Gasteiger partial charge on any atom is -0.497 e. The Morgan fingerprint density at radius 3 is 2.59 bits per heavy atom. The molecule has 0 saturated heterocycles. The molecular formula is C22H26N4O2S. The summed E-state index contributed by atoms with van der Waals surface area (Å²) in [6, 6.07) is 15.6. The van der Waals surface area contributed by atoms with Gasteiger partial charge in [0.05, 0.1) is 12.9 Å². The summed E-state index contributed by atoms with van der Waals surface area (Å²) in [5, 5.41) is 12.2. The minimum absolute atomic E-state index is 0.0558. The van der Waals surface area contributed by atoms with Crippen molar-refractivity contribution in [3.8, 4) is 17.1 Å². The number of para-hydroxylation sites is 1. The van der Waals surface area contributed by atoms with E-state index in [4.69, 9.17) is 4.74 Å². The number of thioether (sulfide) groups is 1. The van der Waals surface area contributed by atoms with Crippen LogP contribution in [0.2, 0.25) is 0 Å². The van der Waals surface area contributed by atoms with Crippen molar-refractivity contribution in [2.45, 2.75) is 31.3 Å². The van der Waals surface area contributed by atoms with E-state index in [1.54, 1.807) is 7.11 Å². The van der Waals surface area contributed by atoms with E-state index in [1.807, 2.05) is 54.1 Å². The molecule has 1 N–H and O–H groups in total. The number of amides is 1. The molecule has 0 bridgehead atoms. The molecule has 0 radical (unpaired) electrons. The molecule has 3 rings (SSSR count). The minimum atomic E-state index is -0.0558. The molecule has 0 saturated carbocycles. The van der Waals surface area contributed by atoms with Crippen molar-refractivity contribution < 1.29 is 9.53 Å².